The van der Waals surface area contributed by atoms with E-state index >= 15 is 0 Å². The fourth-order valence-electron chi connectivity index (χ4n) is 8.95. The number of benzene rings is 7. The summed E-state index contributed by atoms with van der Waals surface area (Å²) in [6.07, 6.45) is 0. The summed E-state index contributed by atoms with van der Waals surface area (Å²) < 4.78 is 8.67. The summed E-state index contributed by atoms with van der Waals surface area (Å²) >= 11 is 3.63. The van der Waals surface area contributed by atoms with Crippen LogP contribution in [0.2, 0.25) is 0 Å². The summed E-state index contributed by atoms with van der Waals surface area (Å²) in [6, 6.07) is 52.9. The van der Waals surface area contributed by atoms with Crippen LogP contribution in [0.1, 0.15) is 0 Å². The molecule has 0 saturated carbocycles. The third-order valence-electron chi connectivity index (χ3n) is 11.1. The number of hydrogen-bond donors (Lipinski definition) is 0. The molecular weight excluding hydrogens is 673 g/mol. The lowest BCUT2D eigenvalue weighted by atomic mass is 10.0. The number of rotatable bonds is 3. The van der Waals surface area contributed by atoms with Gasteiger partial charge in [0.15, 0.2) is 0 Å². The second kappa shape index (κ2) is 9.70. The molecule has 7 aromatic carbocycles. The second-order valence-corrected chi connectivity index (χ2v) is 15.8. The number of thiophene rings is 2. The molecule has 0 fully saturated rings. The number of fused-ring (bicyclic) bond motifs is 7. The lowest BCUT2D eigenvalue weighted by Crippen LogP contribution is -2.02. The Morgan fingerprint density at radius 1 is 0.385 bits per heavy atom. The van der Waals surface area contributed by atoms with E-state index in [2.05, 4.69) is 155 Å². The lowest BCUT2D eigenvalue weighted by Gasteiger charge is -2.11. The zero-order valence-corrected chi connectivity index (χ0v) is 29.1. The van der Waals surface area contributed by atoms with Crippen molar-refractivity contribution in [3.63, 3.8) is 0 Å². The monoisotopic (exact) mass is 696 g/mol. The van der Waals surface area contributed by atoms with E-state index in [0.717, 1.165) is 32.5 Å². The van der Waals surface area contributed by atoms with Crippen LogP contribution in [0.15, 0.2) is 146 Å². The van der Waals surface area contributed by atoms with Crippen molar-refractivity contribution in [2.24, 2.45) is 0 Å². The van der Waals surface area contributed by atoms with Gasteiger partial charge in [-0.15, -0.1) is 22.7 Å². The highest BCUT2D eigenvalue weighted by atomic mass is 32.1. The maximum atomic E-state index is 5.55. The van der Waals surface area contributed by atoms with Crippen LogP contribution >= 0.6 is 22.7 Å². The maximum absolute atomic E-state index is 5.55. The summed E-state index contributed by atoms with van der Waals surface area (Å²) in [6.45, 7) is 0. The summed E-state index contributed by atoms with van der Waals surface area (Å²) in [5, 5.41) is 10.1. The topological polar surface area (TPSA) is 35.1 Å². The minimum absolute atomic E-state index is 0.695. The molecule has 13 aromatic rings. The molecule has 0 atom stereocenters. The predicted molar refractivity (Wildman–Crippen MR) is 221 cm³/mol. The van der Waals surface area contributed by atoms with Gasteiger partial charge in [-0.1, -0.05) is 103 Å². The molecule has 6 aromatic heterocycles. The first kappa shape index (κ1) is 27.4. The molecule has 0 N–H and O–H groups in total. The van der Waals surface area contributed by atoms with E-state index in [1.165, 1.54) is 79.5 Å². The van der Waals surface area contributed by atoms with Crippen LogP contribution in [-0.4, -0.2) is 18.9 Å². The summed E-state index contributed by atoms with van der Waals surface area (Å²) in [5.74, 6) is 0.695. The normalized spacial score (nSPS) is 12.6. The summed E-state index contributed by atoms with van der Waals surface area (Å²) in [7, 11) is 0. The third kappa shape index (κ3) is 3.37. The quantitative estimate of drug-likeness (QED) is 0.184. The molecule has 6 heterocycles. The van der Waals surface area contributed by atoms with Crippen LogP contribution < -0.4 is 0 Å². The highest BCUT2D eigenvalue weighted by Gasteiger charge is 2.27. The van der Waals surface area contributed by atoms with Crippen molar-refractivity contribution in [1.29, 1.82) is 0 Å². The first-order chi connectivity index (χ1) is 25.8. The number of hydrogen-bond acceptors (Lipinski definition) is 4. The lowest BCUT2D eigenvalue weighted by molar-refractivity contribution is 1.02. The van der Waals surface area contributed by atoms with Gasteiger partial charge in [-0.2, -0.15) is 0 Å². The van der Waals surface area contributed by atoms with E-state index in [1.54, 1.807) is 11.3 Å². The van der Waals surface area contributed by atoms with Gasteiger partial charge in [0.05, 0.1) is 33.3 Å². The molecule has 4 nitrogen and oxygen atoms in total. The Balaban J connectivity index is 1.18. The maximum Gasteiger partial charge on any atom is 0.236 e. The van der Waals surface area contributed by atoms with E-state index in [-0.39, 0.29) is 0 Å². The van der Waals surface area contributed by atoms with Crippen LogP contribution in [0.25, 0.3) is 118 Å². The Hall–Kier alpha value is -6.34. The minimum atomic E-state index is 0.695. The van der Waals surface area contributed by atoms with E-state index in [1.807, 2.05) is 11.3 Å². The van der Waals surface area contributed by atoms with Crippen LogP contribution in [0.4, 0.5) is 0 Å². The molecule has 6 heteroatoms. The Bertz CT molecular complexity index is 3570. The van der Waals surface area contributed by atoms with Gasteiger partial charge >= 0.3 is 0 Å². The Morgan fingerprint density at radius 2 is 1.08 bits per heavy atom. The minimum Gasteiger partial charge on any atom is -0.308 e. The highest BCUT2D eigenvalue weighted by molar-refractivity contribution is 7.26. The molecule has 0 aliphatic rings. The standard InChI is InChI=1S/C46H24N4S2/c1-2-9-25(10-3-1)26-17-19-27(20-18-26)43-38-30-12-5-7-16-35(30)52-45(38)48-46(47-43)50-33-15-8-14-32-39(33)40-34(50)22-24-36-41(40)42-37(51-36)23-21-29-28-11-4-6-13-31(28)49(32)44(29)42/h1-24H. The molecule has 0 aliphatic carbocycles. The van der Waals surface area contributed by atoms with Gasteiger partial charge in [0.1, 0.15) is 4.83 Å². The van der Waals surface area contributed by atoms with Crippen molar-refractivity contribution in [2.75, 3.05) is 0 Å². The van der Waals surface area contributed by atoms with Gasteiger partial charge < -0.3 is 4.40 Å². The predicted octanol–water partition coefficient (Wildman–Crippen LogP) is 13.1. The Kier molecular flexibility index (Phi) is 5.11. The van der Waals surface area contributed by atoms with Gasteiger partial charge in [-0.05, 0) is 53.6 Å². The zero-order chi connectivity index (χ0) is 33.7. The first-order valence-electron chi connectivity index (χ1n) is 17.5. The van der Waals surface area contributed by atoms with Crippen LogP contribution in [0.3, 0.4) is 0 Å². The molecule has 0 unspecified atom stereocenters. The third-order valence-corrected chi connectivity index (χ3v) is 13.3. The van der Waals surface area contributed by atoms with Crippen LogP contribution in [0, 0.1) is 0 Å². The van der Waals surface area contributed by atoms with E-state index in [0.29, 0.717) is 5.95 Å². The molecule has 0 radical (unpaired) electrons. The average Bonchev–Trinajstić information content (AvgIpc) is 3.93. The highest BCUT2D eigenvalue weighted by Crippen LogP contribution is 2.50. The van der Waals surface area contributed by atoms with Crippen molar-refractivity contribution >= 4 is 112 Å². The van der Waals surface area contributed by atoms with Gasteiger partial charge in [0, 0.05) is 62.8 Å². The van der Waals surface area contributed by atoms with E-state index < -0.39 is 0 Å². The van der Waals surface area contributed by atoms with Crippen molar-refractivity contribution in [2.45, 2.75) is 0 Å². The van der Waals surface area contributed by atoms with Crippen molar-refractivity contribution < 1.29 is 0 Å². The first-order valence-corrected chi connectivity index (χ1v) is 19.1. The largest absolute Gasteiger partial charge is 0.308 e. The molecule has 0 amide bonds. The summed E-state index contributed by atoms with van der Waals surface area (Å²) in [4.78, 5) is 12.0. The fourth-order valence-corrected chi connectivity index (χ4v) is 11.1. The molecule has 0 bridgehead atoms. The zero-order valence-electron chi connectivity index (χ0n) is 27.5. The Labute approximate surface area is 303 Å². The molecule has 240 valence electrons. The second-order valence-electron chi connectivity index (χ2n) is 13.7. The number of para-hydroxylation sites is 1. The van der Waals surface area contributed by atoms with Gasteiger partial charge in [0.2, 0.25) is 5.95 Å². The van der Waals surface area contributed by atoms with Crippen molar-refractivity contribution in [1.82, 2.24) is 18.9 Å². The molecule has 0 aliphatic heterocycles. The number of nitrogens with zero attached hydrogens (tertiary/aromatic N) is 4. The van der Waals surface area contributed by atoms with Crippen molar-refractivity contribution in [3.05, 3.63) is 146 Å². The average molecular weight is 697 g/mol. The smallest absolute Gasteiger partial charge is 0.236 e. The Morgan fingerprint density at radius 3 is 1.98 bits per heavy atom. The van der Waals surface area contributed by atoms with Crippen LogP contribution in [-0.2, 0) is 0 Å². The van der Waals surface area contributed by atoms with Crippen LogP contribution in [0.5, 0.6) is 0 Å². The van der Waals surface area contributed by atoms with Gasteiger partial charge in [0.25, 0.3) is 0 Å². The van der Waals surface area contributed by atoms with Gasteiger partial charge in [-0.25, -0.2) is 9.97 Å². The molecule has 0 spiro atoms. The summed E-state index contributed by atoms with van der Waals surface area (Å²) in [5.41, 5.74) is 10.4. The number of aromatic nitrogens is 4. The van der Waals surface area contributed by atoms with Gasteiger partial charge in [-0.3, -0.25) is 4.57 Å². The van der Waals surface area contributed by atoms with E-state index in [4.69, 9.17) is 9.97 Å². The fraction of sp³-hybridized carbons (Fsp3) is 0. The van der Waals surface area contributed by atoms with E-state index in [9.17, 15) is 0 Å². The SMILES string of the molecule is c1ccc(-c2ccc(-c3nc(-n4c5ccc6sc7ccc8c9ccccc9n9c%10cccc4c%10c5c6c7c89)nc4sc5ccccc5c34)cc2)cc1. The molecule has 0 saturated heterocycles. The molecule has 52 heavy (non-hydrogen) atoms. The molecular formula is C46H24N4S2. The van der Waals surface area contributed by atoms with Crippen molar-refractivity contribution in [3.8, 4) is 28.3 Å². The molecule has 13 rings (SSSR count).